The first kappa shape index (κ1) is 10.2. The van der Waals surface area contributed by atoms with E-state index < -0.39 is 0 Å². The minimum atomic E-state index is 0.400. The minimum Gasteiger partial charge on any atom is -0.149 e. The Bertz CT molecular complexity index is 307. The maximum Gasteiger partial charge on any atom is 0.0417 e. The summed E-state index contributed by atoms with van der Waals surface area (Å²) in [6.07, 6.45) is 6.88. The Morgan fingerprint density at radius 2 is 2.07 bits per heavy atom. The Labute approximate surface area is 101 Å². The molecule has 2 heteroatoms. The van der Waals surface area contributed by atoms with Gasteiger partial charge in [-0.3, -0.25) is 0 Å². The van der Waals surface area contributed by atoms with Gasteiger partial charge in [-0.25, -0.2) is 0 Å². The number of rotatable bonds is 3. The summed E-state index contributed by atoms with van der Waals surface area (Å²) in [5.74, 6) is 2.82. The summed E-state index contributed by atoms with van der Waals surface area (Å²) in [6, 6.07) is 4.34. The van der Waals surface area contributed by atoms with Crippen molar-refractivity contribution in [1.82, 2.24) is 0 Å². The lowest BCUT2D eigenvalue weighted by Crippen LogP contribution is -2.07. The Kier molecular flexibility index (Phi) is 2.78. The number of fused-ring (bicyclic) bond motifs is 1. The van der Waals surface area contributed by atoms with Crippen LogP contribution in [0.2, 0.25) is 0 Å². The Morgan fingerprint density at radius 3 is 2.67 bits per heavy atom. The summed E-state index contributed by atoms with van der Waals surface area (Å²) in [6.45, 7) is 0. The van der Waals surface area contributed by atoms with Crippen LogP contribution < -0.4 is 0 Å². The summed E-state index contributed by atoms with van der Waals surface area (Å²) in [4.78, 5) is 1.46. The molecule has 0 amide bonds. The van der Waals surface area contributed by atoms with Gasteiger partial charge in [-0.2, -0.15) is 0 Å². The lowest BCUT2D eigenvalue weighted by Gasteiger charge is -2.06. The highest BCUT2D eigenvalue weighted by atomic mass is 35.5. The van der Waals surface area contributed by atoms with Gasteiger partial charge in [-0.05, 0) is 48.5 Å². The van der Waals surface area contributed by atoms with Crippen molar-refractivity contribution in [2.75, 3.05) is 0 Å². The van der Waals surface area contributed by atoms with Crippen LogP contribution in [-0.2, 0) is 6.42 Å². The largest absolute Gasteiger partial charge is 0.149 e. The van der Waals surface area contributed by atoms with Crippen LogP contribution in [-0.4, -0.2) is 5.38 Å². The van der Waals surface area contributed by atoms with E-state index in [0.29, 0.717) is 5.38 Å². The molecular weight excluding hydrogens is 224 g/mol. The molecule has 0 aliphatic heterocycles. The second kappa shape index (κ2) is 4.10. The molecule has 0 spiro atoms. The van der Waals surface area contributed by atoms with Crippen molar-refractivity contribution in [2.45, 2.75) is 37.5 Å². The van der Waals surface area contributed by atoms with Crippen LogP contribution >= 0.6 is 22.9 Å². The number of hydrogen-bond donors (Lipinski definition) is 0. The van der Waals surface area contributed by atoms with Gasteiger partial charge in [0.25, 0.3) is 0 Å². The fraction of sp³-hybridized carbons (Fsp3) is 0.692. The Morgan fingerprint density at radius 1 is 1.33 bits per heavy atom. The third-order valence-corrected chi connectivity index (χ3v) is 5.46. The van der Waals surface area contributed by atoms with Gasteiger partial charge >= 0.3 is 0 Å². The molecule has 1 aromatic heterocycles. The van der Waals surface area contributed by atoms with Crippen LogP contribution in [0.3, 0.4) is 0 Å². The third kappa shape index (κ3) is 1.97. The average molecular weight is 241 g/mol. The molecule has 0 radical (unpaired) electrons. The van der Waals surface area contributed by atoms with Crippen molar-refractivity contribution in [3.63, 3.8) is 0 Å². The van der Waals surface area contributed by atoms with E-state index in [1.54, 1.807) is 0 Å². The summed E-state index contributed by atoms with van der Waals surface area (Å²) in [7, 11) is 0. The quantitative estimate of drug-likeness (QED) is 0.690. The molecule has 82 valence electrons. The molecule has 0 bridgehead atoms. The van der Waals surface area contributed by atoms with Gasteiger partial charge in [0.2, 0.25) is 0 Å². The van der Waals surface area contributed by atoms with Gasteiger partial charge in [-0.1, -0.05) is 18.9 Å². The zero-order chi connectivity index (χ0) is 10.3. The molecule has 3 atom stereocenters. The second-order valence-corrected chi connectivity index (χ2v) is 6.58. The summed E-state index contributed by atoms with van der Waals surface area (Å²) in [5.41, 5.74) is 0. The van der Waals surface area contributed by atoms with E-state index in [1.807, 2.05) is 11.3 Å². The SMILES string of the molecule is ClC(Cc1cccs1)C1C2CCCCC21. The van der Waals surface area contributed by atoms with Crippen LogP contribution in [0.1, 0.15) is 30.6 Å². The van der Waals surface area contributed by atoms with E-state index in [4.69, 9.17) is 11.6 Å². The Hall–Kier alpha value is -0.0100. The average Bonchev–Trinajstić information content (AvgIpc) is 2.77. The lowest BCUT2D eigenvalue weighted by molar-refractivity contribution is 0.480. The smallest absolute Gasteiger partial charge is 0.0417 e. The predicted molar refractivity (Wildman–Crippen MR) is 66.6 cm³/mol. The van der Waals surface area contributed by atoms with E-state index in [9.17, 15) is 0 Å². The molecule has 0 saturated heterocycles. The molecule has 0 aromatic carbocycles. The van der Waals surface area contributed by atoms with Crippen molar-refractivity contribution in [3.05, 3.63) is 22.4 Å². The number of alkyl halides is 1. The fourth-order valence-corrected chi connectivity index (χ4v) is 4.74. The van der Waals surface area contributed by atoms with Crippen molar-refractivity contribution >= 4 is 22.9 Å². The molecule has 15 heavy (non-hydrogen) atoms. The van der Waals surface area contributed by atoms with Gasteiger partial charge in [0.1, 0.15) is 0 Å². The van der Waals surface area contributed by atoms with Gasteiger partial charge in [-0.15, -0.1) is 22.9 Å². The molecule has 2 saturated carbocycles. The van der Waals surface area contributed by atoms with Gasteiger partial charge in [0, 0.05) is 10.3 Å². The normalized spacial score (nSPS) is 35.9. The molecule has 3 unspecified atom stereocenters. The molecule has 2 aliphatic carbocycles. The van der Waals surface area contributed by atoms with Crippen LogP contribution in [0.15, 0.2) is 17.5 Å². The summed E-state index contributed by atoms with van der Waals surface area (Å²) in [5, 5.41) is 2.55. The molecule has 2 aliphatic rings. The number of hydrogen-bond acceptors (Lipinski definition) is 1. The van der Waals surface area contributed by atoms with E-state index in [-0.39, 0.29) is 0 Å². The van der Waals surface area contributed by atoms with Crippen molar-refractivity contribution in [1.29, 1.82) is 0 Å². The lowest BCUT2D eigenvalue weighted by atomic mass is 10.0. The zero-order valence-electron chi connectivity index (χ0n) is 8.86. The minimum absolute atomic E-state index is 0.400. The maximum atomic E-state index is 6.55. The van der Waals surface area contributed by atoms with E-state index in [1.165, 1.54) is 30.6 Å². The first-order chi connectivity index (χ1) is 7.36. The summed E-state index contributed by atoms with van der Waals surface area (Å²) >= 11 is 8.40. The first-order valence-electron chi connectivity index (χ1n) is 6.03. The zero-order valence-corrected chi connectivity index (χ0v) is 10.4. The molecular formula is C13H17ClS. The highest BCUT2D eigenvalue weighted by molar-refractivity contribution is 7.09. The van der Waals surface area contributed by atoms with Crippen LogP contribution in [0, 0.1) is 17.8 Å². The van der Waals surface area contributed by atoms with Gasteiger partial charge in [0.15, 0.2) is 0 Å². The second-order valence-electron chi connectivity index (χ2n) is 4.99. The van der Waals surface area contributed by atoms with Crippen molar-refractivity contribution in [3.8, 4) is 0 Å². The fourth-order valence-electron chi connectivity index (χ4n) is 3.34. The molecule has 1 aromatic rings. The molecule has 2 fully saturated rings. The molecule has 0 N–H and O–H groups in total. The predicted octanol–water partition coefficient (Wildman–Crippen LogP) is 4.33. The number of thiophene rings is 1. The molecule has 1 heterocycles. The van der Waals surface area contributed by atoms with Crippen LogP contribution in [0.5, 0.6) is 0 Å². The van der Waals surface area contributed by atoms with Crippen molar-refractivity contribution in [2.24, 2.45) is 17.8 Å². The van der Waals surface area contributed by atoms with Crippen LogP contribution in [0.25, 0.3) is 0 Å². The Balaban J connectivity index is 1.59. The maximum absolute atomic E-state index is 6.55. The summed E-state index contributed by atoms with van der Waals surface area (Å²) < 4.78 is 0. The monoisotopic (exact) mass is 240 g/mol. The third-order valence-electron chi connectivity index (χ3n) is 4.12. The highest BCUT2D eigenvalue weighted by Gasteiger charge is 2.53. The van der Waals surface area contributed by atoms with E-state index >= 15 is 0 Å². The molecule has 3 rings (SSSR count). The van der Waals surface area contributed by atoms with Crippen molar-refractivity contribution < 1.29 is 0 Å². The van der Waals surface area contributed by atoms with E-state index in [2.05, 4.69) is 17.5 Å². The first-order valence-corrected chi connectivity index (χ1v) is 7.34. The van der Waals surface area contributed by atoms with E-state index in [0.717, 1.165) is 24.2 Å². The standard InChI is InChI=1S/C13H17ClS/c14-12(8-9-4-3-7-15-9)13-10-5-1-2-6-11(10)13/h3-4,7,10-13H,1-2,5-6,8H2. The van der Waals surface area contributed by atoms with Gasteiger partial charge < -0.3 is 0 Å². The molecule has 0 nitrogen and oxygen atoms in total. The topological polar surface area (TPSA) is 0 Å². The number of halogens is 1. The highest BCUT2D eigenvalue weighted by Crippen LogP contribution is 2.58. The van der Waals surface area contributed by atoms with Crippen LogP contribution in [0.4, 0.5) is 0 Å². The van der Waals surface area contributed by atoms with Gasteiger partial charge in [0.05, 0.1) is 0 Å².